The Morgan fingerprint density at radius 1 is 1.00 bits per heavy atom. The fourth-order valence-corrected chi connectivity index (χ4v) is 2.07. The summed E-state index contributed by atoms with van der Waals surface area (Å²) in [5, 5.41) is 0. The van der Waals surface area contributed by atoms with Crippen LogP contribution in [-0.4, -0.2) is 0 Å². The molecule has 0 aliphatic rings. The molecular weight excluding hydrogens is 283 g/mol. The number of hydrogen-bond acceptors (Lipinski definition) is 1. The minimum atomic E-state index is -0.0888. The van der Waals surface area contributed by atoms with Gasteiger partial charge in [-0.25, -0.2) is 0 Å². The van der Waals surface area contributed by atoms with Gasteiger partial charge in [0, 0.05) is 0 Å². The monoisotopic (exact) mass is 290 g/mol. The van der Waals surface area contributed by atoms with E-state index in [1.165, 1.54) is 0 Å². The third-order valence-corrected chi connectivity index (χ3v) is 3.11. The first kappa shape index (κ1) is 11.4. The van der Waals surface area contributed by atoms with Crippen molar-refractivity contribution in [3.63, 3.8) is 0 Å². The molecule has 2 aromatic rings. The van der Waals surface area contributed by atoms with Crippen LogP contribution in [0.3, 0.4) is 0 Å². The van der Waals surface area contributed by atoms with Gasteiger partial charge >= 0.3 is 104 Å². The summed E-state index contributed by atoms with van der Waals surface area (Å²) in [7, 11) is -0.0888. The molecule has 0 radical (unpaired) electrons. The van der Waals surface area contributed by atoms with Crippen LogP contribution in [0.1, 0.15) is 5.56 Å². The Hall–Kier alpha value is -1.07. The van der Waals surface area contributed by atoms with E-state index in [2.05, 4.69) is 21.6 Å². The average Bonchev–Trinajstić information content (AvgIpc) is 2.32. The van der Waals surface area contributed by atoms with Gasteiger partial charge in [-0.05, 0) is 0 Å². The van der Waals surface area contributed by atoms with Crippen molar-refractivity contribution in [2.45, 2.75) is 0 Å². The van der Waals surface area contributed by atoms with Crippen LogP contribution in [0.25, 0.3) is 11.1 Å². The molecule has 0 aromatic heterocycles. The zero-order valence-electron chi connectivity index (χ0n) is 8.35. The zero-order chi connectivity index (χ0) is 11.4. The van der Waals surface area contributed by atoms with Gasteiger partial charge in [0.1, 0.15) is 0 Å². The molecule has 2 rings (SSSR count). The summed E-state index contributed by atoms with van der Waals surface area (Å²) in [4.78, 5) is 0. The van der Waals surface area contributed by atoms with Crippen molar-refractivity contribution in [3.05, 3.63) is 58.6 Å². The van der Waals surface area contributed by atoms with Crippen molar-refractivity contribution in [1.82, 2.24) is 0 Å². The number of halogens is 1. The van der Waals surface area contributed by atoms with E-state index >= 15 is 0 Å². The summed E-state index contributed by atoms with van der Waals surface area (Å²) in [6.45, 7) is 0. The molecule has 0 saturated heterocycles. The standard InChI is InChI=1S/C13H8BrOP/c14-12-7-5-10(6-8-12)13-4-2-1-3-11(13)9-16-15/h1-8H. The van der Waals surface area contributed by atoms with Crippen LogP contribution in [0.4, 0.5) is 0 Å². The first-order chi connectivity index (χ1) is 7.81. The first-order valence-corrected chi connectivity index (χ1v) is 6.35. The van der Waals surface area contributed by atoms with Crippen LogP contribution in [0.2, 0.25) is 0 Å². The van der Waals surface area contributed by atoms with Crippen molar-refractivity contribution in [3.8, 4) is 16.8 Å². The quantitative estimate of drug-likeness (QED) is 0.695. The van der Waals surface area contributed by atoms with Crippen molar-refractivity contribution in [2.24, 2.45) is 0 Å². The second-order valence-electron chi connectivity index (χ2n) is 3.26. The molecule has 0 N–H and O–H groups in total. The molecule has 78 valence electrons. The van der Waals surface area contributed by atoms with Crippen molar-refractivity contribution >= 4 is 23.8 Å². The molecule has 3 heteroatoms. The maximum atomic E-state index is 10.6. The maximum absolute atomic E-state index is 10.6. The molecule has 0 aliphatic heterocycles. The van der Waals surface area contributed by atoms with Gasteiger partial charge in [0.2, 0.25) is 0 Å². The third-order valence-electron chi connectivity index (χ3n) is 2.25. The summed E-state index contributed by atoms with van der Waals surface area (Å²) in [6.07, 6.45) is 0. The van der Waals surface area contributed by atoms with Gasteiger partial charge < -0.3 is 0 Å². The van der Waals surface area contributed by atoms with Crippen molar-refractivity contribution in [2.75, 3.05) is 0 Å². The van der Waals surface area contributed by atoms with Crippen LogP contribution < -0.4 is 0 Å². The first-order valence-electron chi connectivity index (χ1n) is 4.74. The topological polar surface area (TPSA) is 17.1 Å². The van der Waals surface area contributed by atoms with Gasteiger partial charge in [-0.1, -0.05) is 0 Å². The van der Waals surface area contributed by atoms with Crippen LogP contribution >= 0.6 is 23.8 Å². The molecule has 0 fully saturated rings. The third kappa shape index (κ3) is 2.54. The predicted molar refractivity (Wildman–Crippen MR) is 70.2 cm³/mol. The molecular formula is C13H8BrOP. The van der Waals surface area contributed by atoms with E-state index in [1.54, 1.807) is 0 Å². The van der Waals surface area contributed by atoms with Gasteiger partial charge in [-0.2, -0.15) is 0 Å². The Bertz CT molecular complexity index is 599. The molecule has 0 atom stereocenters. The van der Waals surface area contributed by atoms with Gasteiger partial charge in [0.15, 0.2) is 0 Å². The Labute approximate surface area is 104 Å². The number of hydrogen-bond donors (Lipinski definition) is 0. The summed E-state index contributed by atoms with van der Waals surface area (Å²) >= 11 is 3.40. The van der Waals surface area contributed by atoms with Crippen LogP contribution in [0.5, 0.6) is 0 Å². The van der Waals surface area contributed by atoms with Crippen LogP contribution in [0, 0.1) is 5.63 Å². The summed E-state index contributed by atoms with van der Waals surface area (Å²) in [5.74, 6) is 0. The molecule has 2 aromatic carbocycles. The zero-order valence-corrected chi connectivity index (χ0v) is 10.8. The molecule has 0 heterocycles. The molecule has 0 amide bonds. The number of rotatable bonds is 1. The molecule has 0 aliphatic carbocycles. The average molecular weight is 291 g/mol. The summed E-state index contributed by atoms with van der Waals surface area (Å²) in [6, 6.07) is 15.8. The second-order valence-corrected chi connectivity index (χ2v) is 4.58. The van der Waals surface area contributed by atoms with E-state index in [1.807, 2.05) is 48.5 Å². The van der Waals surface area contributed by atoms with E-state index in [0.717, 1.165) is 21.2 Å². The van der Waals surface area contributed by atoms with Gasteiger partial charge in [-0.15, -0.1) is 0 Å². The minimum absolute atomic E-state index is 0.0888. The Morgan fingerprint density at radius 2 is 1.69 bits per heavy atom. The summed E-state index contributed by atoms with van der Waals surface area (Å²) in [5.41, 5.74) is 5.79. The van der Waals surface area contributed by atoms with Gasteiger partial charge in [-0.3, -0.25) is 0 Å². The van der Waals surface area contributed by atoms with Gasteiger partial charge in [0.25, 0.3) is 0 Å². The molecule has 0 spiro atoms. The van der Waals surface area contributed by atoms with E-state index in [9.17, 15) is 4.57 Å². The Balaban J connectivity index is 2.58. The van der Waals surface area contributed by atoms with E-state index in [0.29, 0.717) is 0 Å². The molecule has 0 unspecified atom stereocenters. The van der Waals surface area contributed by atoms with Gasteiger partial charge in [0.05, 0.1) is 0 Å². The second kappa shape index (κ2) is 5.32. The molecule has 0 bridgehead atoms. The Kier molecular flexibility index (Phi) is 3.79. The van der Waals surface area contributed by atoms with Crippen LogP contribution in [-0.2, 0) is 4.57 Å². The van der Waals surface area contributed by atoms with Crippen molar-refractivity contribution in [1.29, 1.82) is 0 Å². The molecule has 1 nitrogen and oxygen atoms in total. The molecule has 16 heavy (non-hydrogen) atoms. The van der Waals surface area contributed by atoms with Crippen molar-refractivity contribution < 1.29 is 4.57 Å². The van der Waals surface area contributed by atoms with E-state index in [-0.39, 0.29) is 7.92 Å². The SMILES string of the molecule is O=P#Cc1ccccc1-c1ccc(Br)cc1. The predicted octanol–water partition coefficient (Wildman–Crippen LogP) is 4.72. The Morgan fingerprint density at radius 3 is 2.38 bits per heavy atom. The van der Waals surface area contributed by atoms with Crippen LogP contribution in [0.15, 0.2) is 53.0 Å². The fraction of sp³-hybridized carbons (Fsp3) is 0. The van der Waals surface area contributed by atoms with E-state index < -0.39 is 0 Å². The normalized spacial score (nSPS) is 9.56. The fourth-order valence-electron chi connectivity index (χ4n) is 1.51. The summed E-state index contributed by atoms with van der Waals surface area (Å²) < 4.78 is 11.6. The van der Waals surface area contributed by atoms with E-state index in [4.69, 9.17) is 0 Å². The number of benzene rings is 2. The molecule has 0 saturated carbocycles.